The van der Waals surface area contributed by atoms with Crippen LogP contribution in [0.2, 0.25) is 0 Å². The number of benzene rings is 2. The van der Waals surface area contributed by atoms with Gasteiger partial charge in [-0.1, -0.05) is 28.1 Å². The fraction of sp³-hybridized carbons (Fsp3) is 0.125. The van der Waals surface area contributed by atoms with E-state index < -0.39 is 5.91 Å². The molecule has 0 radical (unpaired) electrons. The zero-order chi connectivity index (χ0) is 15.9. The van der Waals surface area contributed by atoms with E-state index in [9.17, 15) is 9.59 Å². The molecule has 0 aliphatic carbocycles. The van der Waals surface area contributed by atoms with E-state index in [4.69, 9.17) is 5.73 Å². The third-order valence-electron chi connectivity index (χ3n) is 2.84. The molecule has 2 aromatic rings. The summed E-state index contributed by atoms with van der Waals surface area (Å²) in [4.78, 5) is 22.8. The second-order valence-electron chi connectivity index (χ2n) is 4.61. The number of rotatable bonds is 6. The molecular formula is C16H15BrN2O2S. The van der Waals surface area contributed by atoms with Crippen LogP contribution in [0.25, 0.3) is 0 Å². The number of hydrogen-bond donors (Lipinski definition) is 2. The average Bonchev–Trinajstić information content (AvgIpc) is 2.48. The molecule has 0 saturated carbocycles. The number of primary amides is 1. The Kier molecular flexibility index (Phi) is 6.03. The highest BCUT2D eigenvalue weighted by Gasteiger charge is 2.05. The molecular weight excluding hydrogens is 364 g/mol. The van der Waals surface area contributed by atoms with E-state index in [1.807, 2.05) is 24.3 Å². The highest BCUT2D eigenvalue weighted by atomic mass is 79.9. The number of carbonyl (C=O) groups excluding carboxylic acids is 2. The van der Waals surface area contributed by atoms with Gasteiger partial charge in [0.2, 0.25) is 11.8 Å². The Morgan fingerprint density at radius 1 is 1.14 bits per heavy atom. The number of anilines is 1. The van der Waals surface area contributed by atoms with Gasteiger partial charge in [0.15, 0.2) is 0 Å². The van der Waals surface area contributed by atoms with Crippen molar-refractivity contribution in [2.24, 2.45) is 5.73 Å². The maximum atomic E-state index is 11.9. The van der Waals surface area contributed by atoms with Crippen LogP contribution in [0, 0.1) is 0 Å². The first-order chi connectivity index (χ1) is 10.5. The summed E-state index contributed by atoms with van der Waals surface area (Å²) in [6, 6.07) is 14.5. The lowest BCUT2D eigenvalue weighted by atomic mass is 10.2. The van der Waals surface area contributed by atoms with E-state index in [1.54, 1.807) is 36.0 Å². The van der Waals surface area contributed by atoms with Crippen LogP contribution in [-0.2, 0) is 10.5 Å². The fourth-order valence-electron chi connectivity index (χ4n) is 1.80. The first-order valence-corrected chi connectivity index (χ1v) is 8.51. The molecule has 0 bridgehead atoms. The molecule has 0 aromatic heterocycles. The van der Waals surface area contributed by atoms with Crippen molar-refractivity contribution in [3.63, 3.8) is 0 Å². The topological polar surface area (TPSA) is 72.2 Å². The monoisotopic (exact) mass is 378 g/mol. The Balaban J connectivity index is 1.79. The van der Waals surface area contributed by atoms with Crippen LogP contribution in [0.1, 0.15) is 15.9 Å². The standard InChI is InChI=1S/C16H15BrN2O2S/c17-13-3-1-2-11(8-13)9-22-10-15(20)19-14-6-4-12(5-7-14)16(18)21/h1-8H,9-10H2,(H2,18,21)(H,19,20). The van der Waals surface area contributed by atoms with E-state index in [1.165, 1.54) is 0 Å². The van der Waals surface area contributed by atoms with Gasteiger partial charge in [-0.15, -0.1) is 11.8 Å². The fourth-order valence-corrected chi connectivity index (χ4v) is 3.02. The summed E-state index contributed by atoms with van der Waals surface area (Å²) in [7, 11) is 0. The minimum atomic E-state index is -0.484. The summed E-state index contributed by atoms with van der Waals surface area (Å²) in [5.74, 6) is 0.576. The predicted octanol–water partition coefficient (Wildman–Crippen LogP) is 3.42. The van der Waals surface area contributed by atoms with Gasteiger partial charge in [0.25, 0.3) is 0 Å². The van der Waals surface area contributed by atoms with E-state index >= 15 is 0 Å². The second-order valence-corrected chi connectivity index (χ2v) is 6.51. The van der Waals surface area contributed by atoms with Gasteiger partial charge < -0.3 is 11.1 Å². The molecule has 4 nitrogen and oxygen atoms in total. The van der Waals surface area contributed by atoms with Crippen molar-refractivity contribution < 1.29 is 9.59 Å². The summed E-state index contributed by atoms with van der Waals surface area (Å²) in [6.07, 6.45) is 0. The molecule has 2 amide bonds. The molecule has 0 fully saturated rings. The average molecular weight is 379 g/mol. The summed E-state index contributed by atoms with van der Waals surface area (Å²) < 4.78 is 1.03. The molecule has 0 aliphatic rings. The van der Waals surface area contributed by atoms with Crippen molar-refractivity contribution in [3.05, 3.63) is 64.1 Å². The summed E-state index contributed by atoms with van der Waals surface area (Å²) in [6.45, 7) is 0. The Hall–Kier alpha value is -1.79. The zero-order valence-corrected chi connectivity index (χ0v) is 14.1. The third-order valence-corrected chi connectivity index (χ3v) is 4.34. The summed E-state index contributed by atoms with van der Waals surface area (Å²) in [5, 5.41) is 2.78. The number of halogens is 1. The Labute approximate surface area is 141 Å². The summed E-state index contributed by atoms with van der Waals surface area (Å²) in [5.41, 5.74) is 7.40. The van der Waals surface area contributed by atoms with Crippen molar-refractivity contribution >= 4 is 45.2 Å². The Morgan fingerprint density at radius 2 is 1.86 bits per heavy atom. The van der Waals surface area contributed by atoms with Crippen LogP contribution < -0.4 is 11.1 Å². The SMILES string of the molecule is NC(=O)c1ccc(NC(=O)CSCc2cccc(Br)c2)cc1. The maximum Gasteiger partial charge on any atom is 0.248 e. The first-order valence-electron chi connectivity index (χ1n) is 6.56. The van der Waals surface area contributed by atoms with Gasteiger partial charge in [0.1, 0.15) is 0 Å². The van der Waals surface area contributed by atoms with E-state index in [0.29, 0.717) is 17.0 Å². The highest BCUT2D eigenvalue weighted by Crippen LogP contribution is 2.17. The molecule has 6 heteroatoms. The van der Waals surface area contributed by atoms with E-state index in [0.717, 1.165) is 15.8 Å². The minimum Gasteiger partial charge on any atom is -0.366 e. The van der Waals surface area contributed by atoms with E-state index in [-0.39, 0.29) is 5.91 Å². The van der Waals surface area contributed by atoms with Gasteiger partial charge in [0.05, 0.1) is 5.75 Å². The smallest absolute Gasteiger partial charge is 0.248 e. The minimum absolute atomic E-state index is 0.0770. The molecule has 22 heavy (non-hydrogen) atoms. The lowest BCUT2D eigenvalue weighted by Crippen LogP contribution is -2.15. The Morgan fingerprint density at radius 3 is 2.50 bits per heavy atom. The molecule has 0 atom stereocenters. The number of thioether (sulfide) groups is 1. The number of carbonyl (C=O) groups is 2. The molecule has 114 valence electrons. The van der Waals surface area contributed by atoms with Gasteiger partial charge in [0, 0.05) is 21.5 Å². The van der Waals surface area contributed by atoms with Crippen LogP contribution in [0.3, 0.4) is 0 Å². The first kappa shape index (κ1) is 16.6. The van der Waals surface area contributed by atoms with Crippen LogP contribution in [-0.4, -0.2) is 17.6 Å². The van der Waals surface area contributed by atoms with Crippen LogP contribution in [0.15, 0.2) is 53.0 Å². The van der Waals surface area contributed by atoms with Crippen LogP contribution >= 0.6 is 27.7 Å². The van der Waals surface area contributed by atoms with Crippen molar-refractivity contribution in [1.82, 2.24) is 0 Å². The van der Waals surface area contributed by atoms with E-state index in [2.05, 4.69) is 21.2 Å². The number of nitrogens with one attached hydrogen (secondary N) is 1. The molecule has 3 N–H and O–H groups in total. The highest BCUT2D eigenvalue weighted by molar-refractivity contribution is 9.10. The van der Waals surface area contributed by atoms with Gasteiger partial charge >= 0.3 is 0 Å². The molecule has 0 aliphatic heterocycles. The molecule has 2 rings (SSSR count). The molecule has 0 heterocycles. The third kappa shape index (κ3) is 5.20. The van der Waals surface area contributed by atoms with Crippen LogP contribution in [0.5, 0.6) is 0 Å². The molecule has 0 spiro atoms. The molecule has 0 unspecified atom stereocenters. The van der Waals surface area contributed by atoms with Crippen molar-refractivity contribution in [1.29, 1.82) is 0 Å². The van der Waals surface area contributed by atoms with Crippen molar-refractivity contribution in [3.8, 4) is 0 Å². The second kappa shape index (κ2) is 8.00. The number of hydrogen-bond acceptors (Lipinski definition) is 3. The lowest BCUT2D eigenvalue weighted by molar-refractivity contribution is -0.113. The zero-order valence-electron chi connectivity index (χ0n) is 11.7. The van der Waals surface area contributed by atoms with Gasteiger partial charge in [-0.3, -0.25) is 9.59 Å². The largest absolute Gasteiger partial charge is 0.366 e. The maximum absolute atomic E-state index is 11.9. The van der Waals surface area contributed by atoms with Gasteiger partial charge in [-0.25, -0.2) is 0 Å². The quantitative estimate of drug-likeness (QED) is 0.808. The lowest BCUT2D eigenvalue weighted by Gasteiger charge is -2.06. The van der Waals surface area contributed by atoms with Gasteiger partial charge in [-0.2, -0.15) is 0 Å². The van der Waals surface area contributed by atoms with Crippen LogP contribution in [0.4, 0.5) is 5.69 Å². The van der Waals surface area contributed by atoms with Crippen molar-refractivity contribution in [2.45, 2.75) is 5.75 Å². The number of nitrogens with two attached hydrogens (primary N) is 1. The molecule has 0 saturated heterocycles. The van der Waals surface area contributed by atoms with Crippen molar-refractivity contribution in [2.75, 3.05) is 11.1 Å². The molecule has 2 aromatic carbocycles. The predicted molar refractivity (Wildman–Crippen MR) is 93.9 cm³/mol. The van der Waals surface area contributed by atoms with Gasteiger partial charge in [-0.05, 0) is 42.0 Å². The Bertz CT molecular complexity index is 674. The summed E-state index contributed by atoms with van der Waals surface area (Å²) >= 11 is 4.97. The normalized spacial score (nSPS) is 10.2. The number of amides is 2.